The molecule has 84 valence electrons. The summed E-state index contributed by atoms with van der Waals surface area (Å²) in [5.74, 6) is 1.61. The molecule has 0 unspecified atom stereocenters. The zero-order valence-corrected chi connectivity index (χ0v) is 9.78. The van der Waals surface area contributed by atoms with Crippen LogP contribution in [0.25, 0.3) is 0 Å². The average Bonchev–Trinajstić information content (AvgIpc) is 2.60. The van der Waals surface area contributed by atoms with Crippen LogP contribution in [0.3, 0.4) is 0 Å². The molecule has 0 atom stereocenters. The summed E-state index contributed by atoms with van der Waals surface area (Å²) in [4.78, 5) is 0. The number of aromatic nitrogens is 1. The van der Waals surface area contributed by atoms with E-state index in [9.17, 15) is 0 Å². The highest BCUT2D eigenvalue weighted by Crippen LogP contribution is 2.17. The quantitative estimate of drug-likeness (QED) is 0.792. The van der Waals surface area contributed by atoms with Crippen LogP contribution >= 0.6 is 0 Å². The number of rotatable bonds is 3. The van der Waals surface area contributed by atoms with Crippen LogP contribution in [0, 0.1) is 20.8 Å². The molecule has 1 aromatic carbocycles. The predicted octanol–water partition coefficient (Wildman–Crippen LogP) is 3.18. The Bertz CT molecular complexity index is 468. The standard InChI is InChI=1S/C13H15NO2/c1-9-4-10(2)6-12(5-9)15-8-13-7-11(3)14-16-13/h4-7H,8H2,1-3H3. The second-order valence-corrected chi connectivity index (χ2v) is 4.05. The van der Waals surface area contributed by atoms with Gasteiger partial charge in [-0.1, -0.05) is 11.2 Å². The first-order valence-electron chi connectivity index (χ1n) is 5.27. The first kappa shape index (κ1) is 10.7. The SMILES string of the molecule is Cc1cc(C)cc(OCc2cc(C)no2)c1. The van der Waals surface area contributed by atoms with E-state index in [-0.39, 0.29) is 0 Å². The van der Waals surface area contributed by atoms with Crippen molar-refractivity contribution in [1.82, 2.24) is 5.16 Å². The van der Waals surface area contributed by atoms with Gasteiger partial charge in [-0.15, -0.1) is 0 Å². The van der Waals surface area contributed by atoms with E-state index in [0.29, 0.717) is 6.61 Å². The van der Waals surface area contributed by atoms with Crippen molar-refractivity contribution in [2.24, 2.45) is 0 Å². The Morgan fingerprint density at radius 1 is 1.06 bits per heavy atom. The molecule has 3 heteroatoms. The van der Waals surface area contributed by atoms with E-state index in [2.05, 4.69) is 25.1 Å². The van der Waals surface area contributed by atoms with Crippen LogP contribution in [-0.2, 0) is 6.61 Å². The first-order chi connectivity index (χ1) is 7.63. The maximum atomic E-state index is 5.63. The predicted molar refractivity (Wildman–Crippen MR) is 61.5 cm³/mol. The average molecular weight is 217 g/mol. The minimum Gasteiger partial charge on any atom is -0.486 e. The minimum atomic E-state index is 0.420. The maximum Gasteiger partial charge on any atom is 0.174 e. The van der Waals surface area contributed by atoms with Gasteiger partial charge in [-0.05, 0) is 44.0 Å². The fraction of sp³-hybridized carbons (Fsp3) is 0.308. The van der Waals surface area contributed by atoms with E-state index in [4.69, 9.17) is 9.26 Å². The lowest BCUT2D eigenvalue weighted by Crippen LogP contribution is -1.94. The molecular weight excluding hydrogens is 202 g/mol. The summed E-state index contributed by atoms with van der Waals surface area (Å²) in [5, 5.41) is 3.81. The molecule has 0 bridgehead atoms. The van der Waals surface area contributed by atoms with E-state index < -0.39 is 0 Å². The number of benzene rings is 1. The summed E-state index contributed by atoms with van der Waals surface area (Å²) in [7, 11) is 0. The van der Waals surface area contributed by atoms with Crippen LogP contribution in [0.5, 0.6) is 5.75 Å². The second-order valence-electron chi connectivity index (χ2n) is 4.05. The van der Waals surface area contributed by atoms with Gasteiger partial charge in [-0.3, -0.25) is 0 Å². The van der Waals surface area contributed by atoms with Gasteiger partial charge in [-0.2, -0.15) is 0 Å². The highest BCUT2D eigenvalue weighted by atomic mass is 16.5. The first-order valence-corrected chi connectivity index (χ1v) is 5.27. The molecule has 0 radical (unpaired) electrons. The molecule has 0 saturated carbocycles. The van der Waals surface area contributed by atoms with Gasteiger partial charge in [0.05, 0.1) is 5.69 Å². The topological polar surface area (TPSA) is 35.3 Å². The summed E-state index contributed by atoms with van der Waals surface area (Å²) < 4.78 is 10.7. The third-order valence-corrected chi connectivity index (χ3v) is 2.25. The molecule has 0 saturated heterocycles. The van der Waals surface area contributed by atoms with Crippen molar-refractivity contribution in [3.05, 3.63) is 46.8 Å². The molecule has 0 amide bonds. The van der Waals surface area contributed by atoms with Crippen LogP contribution in [0.2, 0.25) is 0 Å². The molecule has 1 heterocycles. The van der Waals surface area contributed by atoms with Crippen molar-refractivity contribution in [3.8, 4) is 5.75 Å². The molecule has 0 aliphatic rings. The van der Waals surface area contributed by atoms with Gasteiger partial charge < -0.3 is 9.26 Å². The van der Waals surface area contributed by atoms with Crippen LogP contribution in [0.1, 0.15) is 22.6 Å². The number of ether oxygens (including phenoxy) is 1. The van der Waals surface area contributed by atoms with E-state index in [1.807, 2.05) is 25.1 Å². The van der Waals surface area contributed by atoms with Gasteiger partial charge in [0.15, 0.2) is 5.76 Å². The lowest BCUT2D eigenvalue weighted by Gasteiger charge is -2.05. The normalized spacial score (nSPS) is 10.4. The van der Waals surface area contributed by atoms with Crippen LogP contribution in [0.4, 0.5) is 0 Å². The molecule has 0 spiro atoms. The molecule has 3 nitrogen and oxygen atoms in total. The summed E-state index contributed by atoms with van der Waals surface area (Å²) in [5.41, 5.74) is 3.27. The van der Waals surface area contributed by atoms with Crippen molar-refractivity contribution < 1.29 is 9.26 Å². The summed E-state index contributed by atoms with van der Waals surface area (Å²) in [6.45, 7) is 6.42. The van der Waals surface area contributed by atoms with Crippen LogP contribution in [-0.4, -0.2) is 5.16 Å². The lowest BCUT2D eigenvalue weighted by atomic mass is 10.1. The van der Waals surface area contributed by atoms with Crippen molar-refractivity contribution in [2.75, 3.05) is 0 Å². The molecule has 2 aromatic rings. The summed E-state index contributed by atoms with van der Waals surface area (Å²) in [6, 6.07) is 8.01. The third-order valence-electron chi connectivity index (χ3n) is 2.25. The van der Waals surface area contributed by atoms with E-state index >= 15 is 0 Å². The van der Waals surface area contributed by atoms with Gasteiger partial charge in [0.2, 0.25) is 0 Å². The molecule has 0 aliphatic heterocycles. The van der Waals surface area contributed by atoms with E-state index in [1.165, 1.54) is 11.1 Å². The molecule has 0 fully saturated rings. The van der Waals surface area contributed by atoms with Crippen LogP contribution < -0.4 is 4.74 Å². The Hall–Kier alpha value is -1.77. The molecule has 16 heavy (non-hydrogen) atoms. The zero-order valence-electron chi connectivity index (χ0n) is 9.78. The van der Waals surface area contributed by atoms with Crippen molar-refractivity contribution in [2.45, 2.75) is 27.4 Å². The van der Waals surface area contributed by atoms with Gasteiger partial charge >= 0.3 is 0 Å². The Morgan fingerprint density at radius 2 is 1.75 bits per heavy atom. The zero-order chi connectivity index (χ0) is 11.5. The fourth-order valence-corrected chi connectivity index (χ4v) is 1.66. The Kier molecular flexibility index (Phi) is 2.95. The fourth-order valence-electron chi connectivity index (χ4n) is 1.66. The molecule has 0 aliphatic carbocycles. The van der Waals surface area contributed by atoms with Gasteiger partial charge in [-0.25, -0.2) is 0 Å². The van der Waals surface area contributed by atoms with Crippen molar-refractivity contribution in [1.29, 1.82) is 0 Å². The Balaban J connectivity index is 2.04. The molecule has 1 aromatic heterocycles. The smallest absolute Gasteiger partial charge is 0.174 e. The number of hydrogen-bond acceptors (Lipinski definition) is 3. The molecule has 2 rings (SSSR count). The third kappa shape index (κ3) is 2.63. The number of hydrogen-bond donors (Lipinski definition) is 0. The molecule has 0 N–H and O–H groups in total. The molecular formula is C13H15NO2. The Morgan fingerprint density at radius 3 is 2.31 bits per heavy atom. The minimum absolute atomic E-state index is 0.420. The van der Waals surface area contributed by atoms with E-state index in [1.54, 1.807) is 0 Å². The van der Waals surface area contributed by atoms with Gasteiger partial charge in [0.1, 0.15) is 12.4 Å². The summed E-state index contributed by atoms with van der Waals surface area (Å²) >= 11 is 0. The highest BCUT2D eigenvalue weighted by Gasteiger charge is 2.02. The monoisotopic (exact) mass is 217 g/mol. The maximum absolute atomic E-state index is 5.63. The van der Waals surface area contributed by atoms with Crippen molar-refractivity contribution >= 4 is 0 Å². The number of nitrogens with zero attached hydrogens (tertiary/aromatic N) is 1. The second kappa shape index (κ2) is 4.39. The van der Waals surface area contributed by atoms with Gasteiger partial charge in [0, 0.05) is 6.07 Å². The lowest BCUT2D eigenvalue weighted by molar-refractivity contribution is 0.248. The van der Waals surface area contributed by atoms with Crippen LogP contribution in [0.15, 0.2) is 28.8 Å². The highest BCUT2D eigenvalue weighted by molar-refractivity contribution is 5.33. The van der Waals surface area contributed by atoms with E-state index in [0.717, 1.165) is 17.2 Å². The number of aryl methyl sites for hydroxylation is 3. The largest absolute Gasteiger partial charge is 0.486 e. The van der Waals surface area contributed by atoms with Gasteiger partial charge in [0.25, 0.3) is 0 Å². The Labute approximate surface area is 95.0 Å². The summed E-state index contributed by atoms with van der Waals surface area (Å²) in [6.07, 6.45) is 0. The van der Waals surface area contributed by atoms with Crippen molar-refractivity contribution in [3.63, 3.8) is 0 Å².